The van der Waals surface area contributed by atoms with Crippen molar-refractivity contribution in [2.75, 3.05) is 16.4 Å². The van der Waals surface area contributed by atoms with E-state index in [0.29, 0.717) is 16.6 Å². The lowest BCUT2D eigenvalue weighted by atomic mass is 10.0. The van der Waals surface area contributed by atoms with E-state index in [1.807, 2.05) is 42.5 Å². The molecule has 0 fully saturated rings. The molecule has 0 saturated carbocycles. The van der Waals surface area contributed by atoms with Crippen LogP contribution < -0.4 is 10.6 Å². The predicted octanol–water partition coefficient (Wildman–Crippen LogP) is 5.79. The maximum absolute atomic E-state index is 12.8. The Kier molecular flexibility index (Phi) is 5.93. The Balaban J connectivity index is 1.22. The van der Waals surface area contributed by atoms with Crippen molar-refractivity contribution >= 4 is 51.3 Å². The Hall–Kier alpha value is -3.49. The molecule has 8 heteroatoms. The van der Waals surface area contributed by atoms with Gasteiger partial charge >= 0.3 is 0 Å². The van der Waals surface area contributed by atoms with Crippen molar-refractivity contribution in [2.24, 2.45) is 0 Å². The van der Waals surface area contributed by atoms with Crippen LogP contribution in [0.15, 0.2) is 71.1 Å². The normalized spacial score (nSPS) is 11.5. The number of carbonyl (C=O) groups excluding carboxylic acids is 2. The van der Waals surface area contributed by atoms with Gasteiger partial charge in [-0.15, -0.1) is 10.2 Å². The van der Waals surface area contributed by atoms with Crippen molar-refractivity contribution in [3.8, 4) is 11.1 Å². The number of aromatic nitrogens is 2. The van der Waals surface area contributed by atoms with Crippen molar-refractivity contribution in [2.45, 2.75) is 17.7 Å². The van der Waals surface area contributed by atoms with Gasteiger partial charge in [-0.3, -0.25) is 9.59 Å². The van der Waals surface area contributed by atoms with Gasteiger partial charge < -0.3 is 10.6 Å². The number of hydrogen-bond donors (Lipinski definition) is 2. The molecule has 33 heavy (non-hydrogen) atoms. The number of rotatable bonds is 7. The summed E-state index contributed by atoms with van der Waals surface area (Å²) < 4.78 is 0.718. The molecule has 1 aliphatic rings. The summed E-state index contributed by atoms with van der Waals surface area (Å²) in [6, 6.07) is 21.7. The number of benzene rings is 3. The summed E-state index contributed by atoms with van der Waals surface area (Å²) in [6.45, 7) is 1.47. The number of carbonyl (C=O) groups is 2. The summed E-state index contributed by atoms with van der Waals surface area (Å²) in [5.41, 5.74) is 7.17. The maximum Gasteiger partial charge on any atom is 0.221 e. The average Bonchev–Trinajstić information content (AvgIpc) is 3.41. The van der Waals surface area contributed by atoms with E-state index in [0.717, 1.165) is 27.6 Å². The lowest BCUT2D eigenvalue weighted by Gasteiger charge is -2.05. The van der Waals surface area contributed by atoms with Gasteiger partial charge in [0.25, 0.3) is 0 Å². The molecule has 5 rings (SSSR count). The molecule has 0 spiro atoms. The van der Waals surface area contributed by atoms with Crippen LogP contribution in [-0.4, -0.2) is 27.6 Å². The number of nitrogens with one attached hydrogen (secondary N) is 2. The zero-order chi connectivity index (χ0) is 22.8. The third kappa shape index (κ3) is 4.81. The number of amides is 1. The number of ketones is 1. The van der Waals surface area contributed by atoms with Crippen LogP contribution in [0.4, 0.5) is 16.5 Å². The molecule has 3 aromatic carbocycles. The van der Waals surface area contributed by atoms with E-state index in [-0.39, 0.29) is 11.7 Å². The Morgan fingerprint density at radius 2 is 1.76 bits per heavy atom. The summed E-state index contributed by atoms with van der Waals surface area (Å²) in [4.78, 5) is 24.1. The second kappa shape index (κ2) is 9.17. The smallest absolute Gasteiger partial charge is 0.221 e. The first-order chi connectivity index (χ1) is 16.0. The minimum Gasteiger partial charge on any atom is -0.330 e. The summed E-state index contributed by atoms with van der Waals surface area (Å²) >= 11 is 2.77. The fourth-order valence-corrected chi connectivity index (χ4v) is 5.49. The number of nitrogens with zero attached hydrogens (tertiary/aromatic N) is 2. The van der Waals surface area contributed by atoms with Crippen LogP contribution in [0.1, 0.15) is 28.4 Å². The standard InChI is InChI=1S/C25H20N4O2S2/c1-15(30)26-19-6-4-7-20(13-19)27-24-28-29-25(33-24)32-14-23(31)18-10-9-17-11-16-5-2-3-8-21(16)22(17)12-18/h2-10,12-13H,11,14H2,1H3,(H,26,30)(H,27,28). The van der Waals surface area contributed by atoms with E-state index in [9.17, 15) is 9.59 Å². The highest BCUT2D eigenvalue weighted by Gasteiger charge is 2.19. The maximum atomic E-state index is 12.8. The third-order valence-electron chi connectivity index (χ3n) is 5.29. The molecule has 6 nitrogen and oxygen atoms in total. The average molecular weight is 473 g/mol. The third-order valence-corrected chi connectivity index (χ3v) is 7.26. The van der Waals surface area contributed by atoms with E-state index < -0.39 is 0 Å². The SMILES string of the molecule is CC(=O)Nc1cccc(Nc2nnc(SCC(=O)c3ccc4c(c3)-c3ccccc3C4)s2)c1. The van der Waals surface area contributed by atoms with Crippen LogP contribution in [0.25, 0.3) is 11.1 Å². The molecule has 4 aromatic rings. The molecule has 2 N–H and O–H groups in total. The predicted molar refractivity (Wildman–Crippen MR) is 134 cm³/mol. The first kappa shape index (κ1) is 21.4. The first-order valence-electron chi connectivity index (χ1n) is 10.4. The highest BCUT2D eigenvalue weighted by molar-refractivity contribution is 8.01. The van der Waals surface area contributed by atoms with Gasteiger partial charge in [0.1, 0.15) is 0 Å². The summed E-state index contributed by atoms with van der Waals surface area (Å²) in [5.74, 6) is 0.242. The quantitative estimate of drug-likeness (QED) is 0.231. The molecular weight excluding hydrogens is 452 g/mol. The van der Waals surface area contributed by atoms with Gasteiger partial charge in [-0.1, -0.05) is 65.6 Å². The summed E-state index contributed by atoms with van der Waals surface area (Å²) in [7, 11) is 0. The lowest BCUT2D eigenvalue weighted by molar-refractivity contribution is -0.114. The fourth-order valence-electron chi connectivity index (χ4n) is 3.83. The Morgan fingerprint density at radius 1 is 0.939 bits per heavy atom. The fraction of sp³-hybridized carbons (Fsp3) is 0.120. The molecule has 0 bridgehead atoms. The summed E-state index contributed by atoms with van der Waals surface area (Å²) in [5, 5.41) is 14.9. The minimum absolute atomic E-state index is 0.0694. The van der Waals surface area contributed by atoms with Crippen LogP contribution >= 0.6 is 23.1 Å². The molecule has 164 valence electrons. The zero-order valence-corrected chi connectivity index (χ0v) is 19.4. The number of thioether (sulfide) groups is 1. The van der Waals surface area contributed by atoms with Gasteiger partial charge in [0, 0.05) is 23.9 Å². The molecule has 0 atom stereocenters. The summed E-state index contributed by atoms with van der Waals surface area (Å²) in [6.07, 6.45) is 0.920. The van der Waals surface area contributed by atoms with Gasteiger partial charge in [-0.05, 0) is 52.9 Å². The molecule has 0 aliphatic heterocycles. The van der Waals surface area contributed by atoms with E-state index in [1.165, 1.54) is 46.7 Å². The van der Waals surface area contributed by atoms with E-state index in [4.69, 9.17) is 0 Å². The highest BCUT2D eigenvalue weighted by atomic mass is 32.2. The molecular formula is C25H20N4O2S2. The van der Waals surface area contributed by atoms with Gasteiger partial charge in [0.15, 0.2) is 10.1 Å². The minimum atomic E-state index is -0.126. The Morgan fingerprint density at radius 3 is 2.64 bits per heavy atom. The lowest BCUT2D eigenvalue weighted by Crippen LogP contribution is -2.05. The van der Waals surface area contributed by atoms with Crippen molar-refractivity contribution in [3.63, 3.8) is 0 Å². The monoisotopic (exact) mass is 472 g/mol. The molecule has 0 radical (unpaired) electrons. The number of Topliss-reactive ketones (excluding diaryl/α,β-unsaturated/α-hetero) is 1. The largest absolute Gasteiger partial charge is 0.330 e. The van der Waals surface area contributed by atoms with Crippen LogP contribution in [0.3, 0.4) is 0 Å². The van der Waals surface area contributed by atoms with Crippen LogP contribution in [0.5, 0.6) is 0 Å². The van der Waals surface area contributed by atoms with Crippen LogP contribution in [-0.2, 0) is 11.2 Å². The Bertz CT molecular complexity index is 1370. The topological polar surface area (TPSA) is 84.0 Å². The molecule has 0 unspecified atom stereocenters. The van der Waals surface area contributed by atoms with Gasteiger partial charge in [0.2, 0.25) is 11.0 Å². The van der Waals surface area contributed by atoms with Crippen molar-refractivity contribution < 1.29 is 9.59 Å². The molecule has 1 aliphatic carbocycles. The number of fused-ring (bicyclic) bond motifs is 3. The van der Waals surface area contributed by atoms with Gasteiger partial charge in [-0.25, -0.2) is 0 Å². The molecule has 0 saturated heterocycles. The zero-order valence-electron chi connectivity index (χ0n) is 17.8. The van der Waals surface area contributed by atoms with Crippen LogP contribution in [0, 0.1) is 0 Å². The highest BCUT2D eigenvalue weighted by Crippen LogP contribution is 2.37. The van der Waals surface area contributed by atoms with Crippen molar-refractivity contribution in [3.05, 3.63) is 83.4 Å². The van der Waals surface area contributed by atoms with Crippen molar-refractivity contribution in [1.29, 1.82) is 0 Å². The van der Waals surface area contributed by atoms with Crippen molar-refractivity contribution in [1.82, 2.24) is 10.2 Å². The first-order valence-corrected chi connectivity index (χ1v) is 12.2. The Labute approximate surface area is 199 Å². The van der Waals surface area contributed by atoms with Crippen LogP contribution in [0.2, 0.25) is 0 Å². The van der Waals surface area contributed by atoms with E-state index in [2.05, 4.69) is 45.1 Å². The second-order valence-corrected chi connectivity index (χ2v) is 9.88. The molecule has 1 aromatic heterocycles. The number of hydrogen-bond acceptors (Lipinski definition) is 7. The molecule has 1 amide bonds. The van der Waals surface area contributed by atoms with Gasteiger partial charge in [-0.2, -0.15) is 0 Å². The second-order valence-electron chi connectivity index (χ2n) is 7.68. The van der Waals surface area contributed by atoms with E-state index in [1.54, 1.807) is 0 Å². The molecule has 1 heterocycles. The number of anilines is 3. The van der Waals surface area contributed by atoms with Gasteiger partial charge in [0.05, 0.1) is 5.75 Å². The van der Waals surface area contributed by atoms with E-state index >= 15 is 0 Å².